The number of aryl methyl sites for hydroxylation is 3. The number of rotatable bonds is 7. The maximum Gasteiger partial charge on any atom is 0.407 e. The molecule has 172 valence electrons. The molecule has 1 heterocycles. The Bertz CT molecular complexity index is 1130. The summed E-state index contributed by atoms with van der Waals surface area (Å²) >= 11 is 0. The highest BCUT2D eigenvalue weighted by atomic mass is 16.5. The number of anilines is 2. The van der Waals surface area contributed by atoms with Crippen molar-refractivity contribution in [2.75, 3.05) is 18.1 Å². The number of para-hydroxylation sites is 1. The van der Waals surface area contributed by atoms with Gasteiger partial charge in [0.15, 0.2) is 0 Å². The van der Waals surface area contributed by atoms with E-state index in [1.807, 2.05) is 63.2 Å². The molecular formula is C25H28N4O4. The fourth-order valence-corrected chi connectivity index (χ4v) is 3.53. The van der Waals surface area contributed by atoms with E-state index in [0.717, 1.165) is 22.3 Å². The Balaban J connectivity index is 2.06. The molecular weight excluding hydrogens is 420 g/mol. The lowest BCUT2D eigenvalue weighted by atomic mass is 10.0. The second-order valence-electron chi connectivity index (χ2n) is 7.68. The summed E-state index contributed by atoms with van der Waals surface area (Å²) in [4.78, 5) is 30.5. The Morgan fingerprint density at radius 2 is 1.70 bits per heavy atom. The van der Waals surface area contributed by atoms with E-state index in [0.29, 0.717) is 22.8 Å². The second-order valence-corrected chi connectivity index (χ2v) is 7.68. The monoisotopic (exact) mass is 448 g/mol. The topological polar surface area (TPSA) is 118 Å². The van der Waals surface area contributed by atoms with Crippen molar-refractivity contribution in [3.63, 3.8) is 0 Å². The zero-order valence-electron chi connectivity index (χ0n) is 19.0. The van der Waals surface area contributed by atoms with E-state index in [2.05, 4.69) is 5.32 Å². The number of benzene rings is 2. The number of pyridine rings is 1. The van der Waals surface area contributed by atoms with Gasteiger partial charge in [0, 0.05) is 17.7 Å². The van der Waals surface area contributed by atoms with Crippen molar-refractivity contribution in [2.24, 2.45) is 5.73 Å². The first-order valence-corrected chi connectivity index (χ1v) is 10.6. The van der Waals surface area contributed by atoms with Crippen LogP contribution in [-0.2, 0) is 11.3 Å². The molecule has 33 heavy (non-hydrogen) atoms. The number of hydrogen-bond acceptors (Lipinski definition) is 5. The van der Waals surface area contributed by atoms with Crippen molar-refractivity contribution in [1.82, 2.24) is 10.3 Å². The zero-order valence-corrected chi connectivity index (χ0v) is 19.0. The van der Waals surface area contributed by atoms with Crippen LogP contribution in [0.4, 0.5) is 21.1 Å². The molecule has 3 rings (SSSR count). The molecule has 0 saturated carbocycles. The maximum atomic E-state index is 12.5. The van der Waals surface area contributed by atoms with Crippen LogP contribution in [0.5, 0.6) is 0 Å². The van der Waals surface area contributed by atoms with Crippen LogP contribution in [0.15, 0.2) is 54.6 Å². The lowest BCUT2D eigenvalue weighted by Gasteiger charge is -2.24. The SMILES string of the molecule is Cc1ccc(-c2nc(N(C(N)=O)c3c(C)cccc3C)ccc2COC(=O)NCCO)cc1. The first kappa shape index (κ1) is 23.7. The number of carbonyl (C=O) groups is 2. The summed E-state index contributed by atoms with van der Waals surface area (Å²) < 4.78 is 5.28. The summed E-state index contributed by atoms with van der Waals surface area (Å²) in [5.74, 6) is 0.365. The number of primary amides is 1. The van der Waals surface area contributed by atoms with Gasteiger partial charge in [-0.2, -0.15) is 0 Å². The van der Waals surface area contributed by atoms with Gasteiger partial charge in [0.1, 0.15) is 12.4 Å². The molecule has 0 radical (unpaired) electrons. The molecule has 0 aliphatic rings. The third-order valence-electron chi connectivity index (χ3n) is 5.14. The molecule has 0 aliphatic carbocycles. The highest BCUT2D eigenvalue weighted by molar-refractivity contribution is 5.99. The van der Waals surface area contributed by atoms with E-state index >= 15 is 0 Å². The number of nitrogens with zero attached hydrogens (tertiary/aromatic N) is 2. The van der Waals surface area contributed by atoms with Gasteiger partial charge in [-0.15, -0.1) is 0 Å². The van der Waals surface area contributed by atoms with Gasteiger partial charge in [0.05, 0.1) is 18.0 Å². The van der Waals surface area contributed by atoms with E-state index in [4.69, 9.17) is 20.6 Å². The van der Waals surface area contributed by atoms with Crippen LogP contribution in [0.25, 0.3) is 11.3 Å². The van der Waals surface area contributed by atoms with Crippen LogP contribution in [-0.4, -0.2) is 35.4 Å². The number of aliphatic hydroxyl groups is 1. The van der Waals surface area contributed by atoms with Crippen LogP contribution in [0.3, 0.4) is 0 Å². The summed E-state index contributed by atoms with van der Waals surface area (Å²) in [6.45, 7) is 5.69. The highest BCUT2D eigenvalue weighted by Crippen LogP contribution is 2.33. The number of ether oxygens (including phenoxy) is 1. The molecule has 3 aromatic rings. The molecule has 0 aliphatic heterocycles. The third kappa shape index (κ3) is 5.67. The molecule has 3 amide bonds. The number of amides is 3. The van der Waals surface area contributed by atoms with Gasteiger partial charge in [-0.1, -0.05) is 48.0 Å². The van der Waals surface area contributed by atoms with Crippen LogP contribution in [0, 0.1) is 20.8 Å². The van der Waals surface area contributed by atoms with Crippen molar-refractivity contribution in [2.45, 2.75) is 27.4 Å². The molecule has 0 unspecified atom stereocenters. The van der Waals surface area contributed by atoms with Crippen molar-refractivity contribution in [3.8, 4) is 11.3 Å². The number of aliphatic hydroxyl groups excluding tert-OH is 1. The molecule has 0 bridgehead atoms. The summed E-state index contributed by atoms with van der Waals surface area (Å²) in [7, 11) is 0. The van der Waals surface area contributed by atoms with Crippen LogP contribution < -0.4 is 16.0 Å². The number of hydrogen-bond donors (Lipinski definition) is 3. The fourth-order valence-electron chi connectivity index (χ4n) is 3.53. The van der Waals surface area contributed by atoms with Gasteiger partial charge in [-0.05, 0) is 44.0 Å². The van der Waals surface area contributed by atoms with Gasteiger partial charge in [-0.25, -0.2) is 19.5 Å². The van der Waals surface area contributed by atoms with E-state index in [1.165, 1.54) is 4.90 Å². The van der Waals surface area contributed by atoms with Gasteiger partial charge in [0.2, 0.25) is 0 Å². The molecule has 0 saturated heterocycles. The molecule has 8 heteroatoms. The average molecular weight is 449 g/mol. The summed E-state index contributed by atoms with van der Waals surface area (Å²) in [5, 5.41) is 11.3. The van der Waals surface area contributed by atoms with Crippen LogP contribution in [0.2, 0.25) is 0 Å². The standard InChI is InChI=1S/C25H28N4O4/c1-16-7-9-19(10-8-16)22-20(15-33-25(32)27-13-14-30)11-12-21(28-22)29(24(26)31)23-17(2)5-4-6-18(23)3/h4-12,30H,13-15H2,1-3H3,(H2,26,31)(H,27,32). The minimum atomic E-state index is -0.651. The molecule has 0 atom stereocenters. The van der Waals surface area contributed by atoms with Gasteiger partial charge >= 0.3 is 12.1 Å². The van der Waals surface area contributed by atoms with Gasteiger partial charge < -0.3 is 20.9 Å². The smallest absolute Gasteiger partial charge is 0.407 e. The zero-order chi connectivity index (χ0) is 24.0. The molecule has 1 aromatic heterocycles. The Labute approximate surface area is 193 Å². The fraction of sp³-hybridized carbons (Fsp3) is 0.240. The first-order valence-electron chi connectivity index (χ1n) is 10.6. The van der Waals surface area contributed by atoms with E-state index < -0.39 is 12.1 Å². The maximum absolute atomic E-state index is 12.5. The predicted octanol–water partition coefficient (Wildman–Crippen LogP) is 4.11. The summed E-state index contributed by atoms with van der Waals surface area (Å²) in [5.41, 5.74) is 11.4. The van der Waals surface area contributed by atoms with Crippen molar-refractivity contribution in [1.29, 1.82) is 0 Å². The molecule has 4 N–H and O–H groups in total. The van der Waals surface area contributed by atoms with Crippen molar-refractivity contribution >= 4 is 23.6 Å². The third-order valence-corrected chi connectivity index (χ3v) is 5.14. The number of aromatic nitrogens is 1. The molecule has 2 aromatic carbocycles. The Morgan fingerprint density at radius 3 is 2.30 bits per heavy atom. The Hall–Kier alpha value is -3.91. The minimum absolute atomic E-state index is 0.0340. The van der Waals surface area contributed by atoms with Gasteiger partial charge in [-0.3, -0.25) is 0 Å². The Kier molecular flexibility index (Phi) is 7.63. The number of urea groups is 1. The van der Waals surface area contributed by atoms with E-state index in [-0.39, 0.29) is 19.8 Å². The average Bonchev–Trinajstić information content (AvgIpc) is 2.79. The summed E-state index contributed by atoms with van der Waals surface area (Å²) in [6, 6.07) is 16.3. The van der Waals surface area contributed by atoms with E-state index in [1.54, 1.807) is 12.1 Å². The lowest BCUT2D eigenvalue weighted by Crippen LogP contribution is -2.33. The number of nitrogens with two attached hydrogens (primary N) is 1. The second kappa shape index (κ2) is 10.6. The van der Waals surface area contributed by atoms with Crippen LogP contribution >= 0.6 is 0 Å². The predicted molar refractivity (Wildman–Crippen MR) is 127 cm³/mol. The first-order chi connectivity index (χ1) is 15.8. The van der Waals surface area contributed by atoms with Crippen molar-refractivity contribution in [3.05, 3.63) is 76.9 Å². The Morgan fingerprint density at radius 1 is 1.03 bits per heavy atom. The minimum Gasteiger partial charge on any atom is -0.445 e. The van der Waals surface area contributed by atoms with Gasteiger partial charge in [0.25, 0.3) is 0 Å². The molecule has 0 fully saturated rings. The summed E-state index contributed by atoms with van der Waals surface area (Å²) in [6.07, 6.45) is -0.641. The highest BCUT2D eigenvalue weighted by Gasteiger charge is 2.22. The van der Waals surface area contributed by atoms with E-state index in [9.17, 15) is 9.59 Å². The molecule has 8 nitrogen and oxygen atoms in total. The number of nitrogens with one attached hydrogen (secondary N) is 1. The van der Waals surface area contributed by atoms with Crippen molar-refractivity contribution < 1.29 is 19.4 Å². The largest absolute Gasteiger partial charge is 0.445 e. The number of carbonyl (C=O) groups excluding carboxylic acids is 2. The number of alkyl carbamates (subject to hydrolysis) is 1. The quantitative estimate of drug-likeness (QED) is 0.503. The molecule has 0 spiro atoms. The lowest BCUT2D eigenvalue weighted by molar-refractivity contribution is 0.137. The normalized spacial score (nSPS) is 10.5. The van der Waals surface area contributed by atoms with Crippen LogP contribution in [0.1, 0.15) is 22.3 Å².